The van der Waals surface area contributed by atoms with E-state index in [0.717, 1.165) is 15.2 Å². The molecule has 0 radical (unpaired) electrons. The van der Waals surface area contributed by atoms with E-state index in [9.17, 15) is 8.42 Å². The third kappa shape index (κ3) is 4.21. The van der Waals surface area contributed by atoms with Crippen molar-refractivity contribution in [1.29, 1.82) is 0 Å². The average molecular weight is 356 g/mol. The van der Waals surface area contributed by atoms with Gasteiger partial charge in [0.15, 0.2) is 0 Å². The van der Waals surface area contributed by atoms with Crippen LogP contribution in [0.2, 0.25) is 0 Å². The van der Waals surface area contributed by atoms with Crippen LogP contribution in [0, 0.1) is 5.92 Å². The van der Waals surface area contributed by atoms with Crippen molar-refractivity contribution in [2.75, 3.05) is 10.5 Å². The maximum Gasteiger partial charge on any atom is 0.232 e. The Kier molecular flexibility index (Phi) is 4.70. The molecule has 0 aliphatic rings. The molecule has 20 heavy (non-hydrogen) atoms. The van der Waals surface area contributed by atoms with Gasteiger partial charge in [-0.3, -0.25) is 4.72 Å². The Bertz CT molecular complexity index is 711. The van der Waals surface area contributed by atoms with Crippen LogP contribution in [0.1, 0.15) is 20.3 Å². The van der Waals surface area contributed by atoms with Gasteiger partial charge in [-0.15, -0.1) is 0 Å². The normalized spacial score (nSPS) is 12.0. The van der Waals surface area contributed by atoms with Crippen LogP contribution in [0.25, 0.3) is 10.8 Å². The average Bonchev–Trinajstić information content (AvgIpc) is 2.36. The molecule has 0 aliphatic heterocycles. The maximum absolute atomic E-state index is 12.0. The molecule has 5 heteroatoms. The minimum atomic E-state index is -3.27. The summed E-state index contributed by atoms with van der Waals surface area (Å²) in [5, 5.41) is 2.08. The van der Waals surface area contributed by atoms with Crippen molar-refractivity contribution in [1.82, 2.24) is 0 Å². The number of sulfonamides is 1. The molecule has 0 fully saturated rings. The smallest absolute Gasteiger partial charge is 0.232 e. The van der Waals surface area contributed by atoms with E-state index in [1.54, 1.807) is 6.07 Å². The Morgan fingerprint density at radius 2 is 1.75 bits per heavy atom. The number of rotatable bonds is 5. The van der Waals surface area contributed by atoms with Gasteiger partial charge in [0.05, 0.1) is 5.75 Å². The zero-order chi connectivity index (χ0) is 14.8. The van der Waals surface area contributed by atoms with E-state index in [4.69, 9.17) is 0 Å². The fourth-order valence-corrected chi connectivity index (χ4v) is 3.65. The number of hydrogen-bond donors (Lipinski definition) is 1. The van der Waals surface area contributed by atoms with E-state index in [0.29, 0.717) is 18.0 Å². The van der Waals surface area contributed by atoms with Crippen LogP contribution in [0.15, 0.2) is 40.9 Å². The summed E-state index contributed by atoms with van der Waals surface area (Å²) >= 11 is 3.42. The van der Waals surface area contributed by atoms with Crippen molar-refractivity contribution in [3.8, 4) is 0 Å². The second-order valence-corrected chi connectivity index (χ2v) is 8.07. The summed E-state index contributed by atoms with van der Waals surface area (Å²) < 4.78 is 27.6. The lowest BCUT2D eigenvalue weighted by Crippen LogP contribution is -2.17. The molecule has 0 aromatic heterocycles. The first-order valence-electron chi connectivity index (χ1n) is 6.55. The van der Waals surface area contributed by atoms with E-state index >= 15 is 0 Å². The molecule has 0 unspecified atom stereocenters. The monoisotopic (exact) mass is 355 g/mol. The molecular formula is C15H18BrNO2S. The molecule has 0 saturated carbocycles. The zero-order valence-corrected chi connectivity index (χ0v) is 14.0. The summed E-state index contributed by atoms with van der Waals surface area (Å²) in [6.45, 7) is 4.03. The Morgan fingerprint density at radius 3 is 2.45 bits per heavy atom. The predicted molar refractivity (Wildman–Crippen MR) is 88.5 cm³/mol. The minimum absolute atomic E-state index is 0.156. The number of anilines is 1. The van der Waals surface area contributed by atoms with E-state index in [1.807, 2.05) is 44.2 Å². The lowest BCUT2D eigenvalue weighted by molar-refractivity contribution is 0.578. The molecule has 2 aromatic rings. The topological polar surface area (TPSA) is 46.2 Å². The van der Waals surface area contributed by atoms with Crippen LogP contribution >= 0.6 is 15.9 Å². The number of benzene rings is 2. The minimum Gasteiger partial charge on any atom is -0.284 e. The van der Waals surface area contributed by atoms with Crippen LogP contribution in [0.3, 0.4) is 0 Å². The van der Waals surface area contributed by atoms with Crippen molar-refractivity contribution >= 4 is 42.4 Å². The molecule has 0 spiro atoms. The van der Waals surface area contributed by atoms with Gasteiger partial charge in [0.25, 0.3) is 0 Å². The summed E-state index contributed by atoms with van der Waals surface area (Å²) in [6.07, 6.45) is 0.663. The van der Waals surface area contributed by atoms with Gasteiger partial charge in [-0.05, 0) is 47.4 Å². The van der Waals surface area contributed by atoms with Crippen molar-refractivity contribution in [3.63, 3.8) is 0 Å². The van der Waals surface area contributed by atoms with E-state index in [1.165, 1.54) is 0 Å². The fourth-order valence-electron chi connectivity index (χ4n) is 1.90. The highest BCUT2D eigenvalue weighted by Gasteiger charge is 2.11. The maximum atomic E-state index is 12.0. The molecule has 2 aromatic carbocycles. The molecule has 108 valence electrons. The third-order valence-corrected chi connectivity index (χ3v) is 4.85. The quantitative estimate of drug-likeness (QED) is 0.864. The summed E-state index contributed by atoms with van der Waals surface area (Å²) in [7, 11) is -3.27. The van der Waals surface area contributed by atoms with Gasteiger partial charge in [-0.25, -0.2) is 8.42 Å². The van der Waals surface area contributed by atoms with Crippen molar-refractivity contribution < 1.29 is 8.42 Å². The Labute approximate surface area is 128 Å². The van der Waals surface area contributed by atoms with Crippen LogP contribution < -0.4 is 4.72 Å². The van der Waals surface area contributed by atoms with Gasteiger partial charge in [-0.1, -0.05) is 41.9 Å². The van der Waals surface area contributed by atoms with Gasteiger partial charge in [0.1, 0.15) is 0 Å². The van der Waals surface area contributed by atoms with E-state index < -0.39 is 10.0 Å². The summed E-state index contributed by atoms with van der Waals surface area (Å²) in [5.41, 5.74) is 0.614. The number of fused-ring (bicyclic) bond motifs is 1. The first-order valence-corrected chi connectivity index (χ1v) is 9.00. The number of nitrogens with one attached hydrogen (secondary N) is 1. The van der Waals surface area contributed by atoms with Gasteiger partial charge in [0, 0.05) is 10.2 Å². The van der Waals surface area contributed by atoms with Crippen LogP contribution in [-0.4, -0.2) is 14.2 Å². The molecule has 0 bridgehead atoms. The number of hydrogen-bond acceptors (Lipinski definition) is 2. The highest BCUT2D eigenvalue weighted by molar-refractivity contribution is 9.10. The Balaban J connectivity index is 2.19. The summed E-state index contributed by atoms with van der Waals surface area (Å²) in [6, 6.07) is 11.5. The molecule has 1 N–H and O–H groups in total. The van der Waals surface area contributed by atoms with Crippen molar-refractivity contribution in [3.05, 3.63) is 40.9 Å². The first-order chi connectivity index (χ1) is 9.35. The van der Waals surface area contributed by atoms with Gasteiger partial charge >= 0.3 is 0 Å². The van der Waals surface area contributed by atoms with Gasteiger partial charge in [0.2, 0.25) is 10.0 Å². The third-order valence-electron chi connectivity index (χ3n) is 3.04. The molecular weight excluding hydrogens is 338 g/mol. The predicted octanol–water partition coefficient (Wildman–Crippen LogP) is 4.39. The SMILES string of the molecule is CC(C)CCS(=O)(=O)Nc1ccc2cc(Br)ccc2c1. The summed E-state index contributed by atoms with van der Waals surface area (Å²) in [5.74, 6) is 0.531. The molecule has 0 heterocycles. The van der Waals surface area contributed by atoms with Crippen LogP contribution in [0.4, 0.5) is 5.69 Å². The first kappa shape index (κ1) is 15.3. The second kappa shape index (κ2) is 6.14. The Morgan fingerprint density at radius 1 is 1.10 bits per heavy atom. The molecule has 0 amide bonds. The zero-order valence-electron chi connectivity index (χ0n) is 11.6. The standard InChI is InChI=1S/C15H18BrNO2S/c1-11(2)7-8-20(18,19)17-15-6-4-12-9-14(16)5-3-13(12)10-15/h3-6,9-11,17H,7-8H2,1-2H3. The lowest BCUT2D eigenvalue weighted by atomic mass is 10.1. The van der Waals surface area contributed by atoms with Gasteiger partial charge in [-0.2, -0.15) is 0 Å². The lowest BCUT2D eigenvalue weighted by Gasteiger charge is -2.10. The number of halogens is 1. The van der Waals surface area contributed by atoms with Crippen LogP contribution in [0.5, 0.6) is 0 Å². The molecule has 0 saturated heterocycles. The molecule has 2 rings (SSSR count). The second-order valence-electron chi connectivity index (χ2n) is 5.31. The highest BCUT2D eigenvalue weighted by atomic mass is 79.9. The van der Waals surface area contributed by atoms with Gasteiger partial charge < -0.3 is 0 Å². The van der Waals surface area contributed by atoms with Crippen LogP contribution in [-0.2, 0) is 10.0 Å². The van der Waals surface area contributed by atoms with Crippen molar-refractivity contribution in [2.24, 2.45) is 5.92 Å². The highest BCUT2D eigenvalue weighted by Crippen LogP contribution is 2.23. The fraction of sp³-hybridized carbons (Fsp3) is 0.333. The largest absolute Gasteiger partial charge is 0.284 e. The Hall–Kier alpha value is -1.07. The molecule has 3 nitrogen and oxygen atoms in total. The van der Waals surface area contributed by atoms with E-state index in [-0.39, 0.29) is 5.75 Å². The van der Waals surface area contributed by atoms with E-state index in [2.05, 4.69) is 20.7 Å². The summed E-state index contributed by atoms with van der Waals surface area (Å²) in [4.78, 5) is 0. The molecule has 0 aliphatic carbocycles. The van der Waals surface area contributed by atoms with Crippen molar-refractivity contribution in [2.45, 2.75) is 20.3 Å². The molecule has 0 atom stereocenters.